The monoisotopic (exact) mass is 678 g/mol. The van der Waals surface area contributed by atoms with Gasteiger partial charge < -0.3 is 34.8 Å². The topological polar surface area (TPSA) is 170 Å². The Morgan fingerprint density at radius 2 is 1.71 bits per heavy atom. The van der Waals surface area contributed by atoms with Crippen molar-refractivity contribution in [3.63, 3.8) is 0 Å². The first-order valence-electron chi connectivity index (χ1n) is 15.3. The van der Waals surface area contributed by atoms with Gasteiger partial charge in [0.05, 0.1) is 24.4 Å². The van der Waals surface area contributed by atoms with E-state index >= 15 is 0 Å². The molecule has 1 fully saturated rings. The third-order valence-electron chi connectivity index (χ3n) is 7.89. The summed E-state index contributed by atoms with van der Waals surface area (Å²) >= 11 is 0. The zero-order valence-electron chi connectivity index (χ0n) is 27.7. The van der Waals surface area contributed by atoms with Crippen molar-refractivity contribution < 1.29 is 52.0 Å². The number of alkyl halides is 3. The number of amidine groups is 1. The second-order valence-corrected chi connectivity index (χ2v) is 12.4. The first-order chi connectivity index (χ1) is 22.3. The largest absolute Gasteiger partial charge is 0.493 e. The molecule has 0 aromatic heterocycles. The fourth-order valence-electron chi connectivity index (χ4n) is 5.54. The van der Waals surface area contributed by atoms with Gasteiger partial charge >= 0.3 is 18.1 Å². The lowest BCUT2D eigenvalue weighted by molar-refractivity contribution is -0.192. The molecular weight excluding hydrogens is 637 g/mol. The molecular formula is C33H41F3N4O8. The molecule has 12 nitrogen and oxygen atoms in total. The van der Waals surface area contributed by atoms with Crippen molar-refractivity contribution in [2.75, 3.05) is 38.3 Å². The maximum Gasteiger partial charge on any atom is 0.490 e. The van der Waals surface area contributed by atoms with E-state index in [0.717, 1.165) is 36.2 Å². The van der Waals surface area contributed by atoms with E-state index in [-0.39, 0.29) is 30.1 Å². The standard InChI is InChI=1S/C31H40N4O6.C2HF3O2/c1-7-40-26-13-20-15-34(29(32)21(20)14-22(26)30(39)33-6)16-25(36)19-11-23(31(3,4)5)28(41-17-27(37)38)24(12-19)35-10-8-9-18(35)2;3-2(4,5)1(6)7/h11-14,18,32H,7-10,15-17H2,1-6H3,(H,33,39)(H,37,38);(H,6,7). The number of halogens is 3. The number of amides is 1. The summed E-state index contributed by atoms with van der Waals surface area (Å²) in [6.45, 7) is 11.0. The lowest BCUT2D eigenvalue weighted by atomic mass is 9.84. The Bertz CT molecular complexity index is 1590. The van der Waals surface area contributed by atoms with E-state index in [1.165, 1.54) is 0 Å². The zero-order valence-corrected chi connectivity index (χ0v) is 27.7. The van der Waals surface area contributed by atoms with Crippen LogP contribution in [-0.2, 0) is 21.5 Å². The van der Waals surface area contributed by atoms with Crippen molar-refractivity contribution in [2.45, 2.75) is 71.6 Å². The number of nitrogens with zero attached hydrogens (tertiary/aromatic N) is 2. The van der Waals surface area contributed by atoms with Gasteiger partial charge in [0.15, 0.2) is 12.4 Å². The summed E-state index contributed by atoms with van der Waals surface area (Å²) in [5.41, 5.74) is 3.30. The second kappa shape index (κ2) is 14.9. The summed E-state index contributed by atoms with van der Waals surface area (Å²) < 4.78 is 43.3. The Morgan fingerprint density at radius 1 is 1.06 bits per heavy atom. The van der Waals surface area contributed by atoms with Gasteiger partial charge in [-0.25, -0.2) is 9.59 Å². The highest BCUT2D eigenvalue weighted by Crippen LogP contribution is 2.43. The summed E-state index contributed by atoms with van der Waals surface area (Å²) in [5.74, 6) is -3.17. The SMILES string of the molecule is CCOc1cc2c(cc1C(=O)NC)C(=N)N(CC(=O)c1cc(N3CCCC3C)c(OCC(=O)O)c(C(C)(C)C)c1)C2.O=C(O)C(F)(F)F. The molecule has 2 heterocycles. The molecule has 15 heteroatoms. The molecule has 2 aliphatic heterocycles. The molecule has 262 valence electrons. The fraction of sp³-hybridized carbons (Fsp3) is 0.485. The molecule has 48 heavy (non-hydrogen) atoms. The number of rotatable bonds is 10. The number of benzene rings is 2. The van der Waals surface area contributed by atoms with Gasteiger partial charge in [0.2, 0.25) is 0 Å². The summed E-state index contributed by atoms with van der Waals surface area (Å²) in [4.78, 5) is 50.5. The maximum atomic E-state index is 13.8. The number of carbonyl (C=O) groups excluding carboxylic acids is 2. The number of carboxylic acids is 2. The number of hydrogen-bond donors (Lipinski definition) is 4. The number of hydrogen-bond acceptors (Lipinski definition) is 8. The number of carbonyl (C=O) groups is 4. The van der Waals surface area contributed by atoms with Gasteiger partial charge in [0, 0.05) is 42.9 Å². The van der Waals surface area contributed by atoms with Crippen LogP contribution in [-0.4, -0.2) is 90.1 Å². The van der Waals surface area contributed by atoms with Gasteiger partial charge in [-0.2, -0.15) is 13.2 Å². The average Bonchev–Trinajstić information content (AvgIpc) is 3.55. The van der Waals surface area contributed by atoms with Crippen molar-refractivity contribution in [1.29, 1.82) is 5.41 Å². The van der Waals surface area contributed by atoms with E-state index in [4.69, 9.17) is 24.8 Å². The zero-order chi connectivity index (χ0) is 36.1. The summed E-state index contributed by atoms with van der Waals surface area (Å²) in [7, 11) is 1.54. The number of Topliss-reactive ketones (excluding diaryl/α,β-unsaturated/α-hetero) is 1. The van der Waals surface area contributed by atoms with Crippen LogP contribution in [0.2, 0.25) is 0 Å². The predicted octanol–water partition coefficient (Wildman–Crippen LogP) is 4.85. The van der Waals surface area contributed by atoms with Crippen molar-refractivity contribution in [2.24, 2.45) is 0 Å². The van der Waals surface area contributed by atoms with Crippen LogP contribution in [0.5, 0.6) is 11.5 Å². The molecule has 1 atom stereocenters. The Balaban J connectivity index is 0.000000804. The molecule has 2 aliphatic rings. The van der Waals surface area contributed by atoms with E-state index in [9.17, 15) is 32.7 Å². The van der Waals surface area contributed by atoms with Crippen molar-refractivity contribution in [1.82, 2.24) is 10.2 Å². The molecule has 4 N–H and O–H groups in total. The first-order valence-corrected chi connectivity index (χ1v) is 15.3. The molecule has 2 aromatic rings. The Hall–Kier alpha value is -4.82. The molecule has 4 rings (SSSR count). The van der Waals surface area contributed by atoms with E-state index in [1.807, 2.05) is 27.7 Å². The van der Waals surface area contributed by atoms with Crippen molar-refractivity contribution in [3.8, 4) is 11.5 Å². The van der Waals surface area contributed by atoms with E-state index in [0.29, 0.717) is 41.3 Å². The molecule has 0 saturated carbocycles. The van der Waals surface area contributed by atoms with Gasteiger partial charge in [-0.15, -0.1) is 0 Å². The smallest absolute Gasteiger partial charge is 0.490 e. The number of aliphatic carboxylic acids is 2. The predicted molar refractivity (Wildman–Crippen MR) is 171 cm³/mol. The van der Waals surface area contributed by atoms with Crippen LogP contribution in [0, 0.1) is 5.41 Å². The van der Waals surface area contributed by atoms with Crippen LogP contribution in [0.3, 0.4) is 0 Å². The summed E-state index contributed by atoms with van der Waals surface area (Å²) in [5, 5.41) is 27.9. The Morgan fingerprint density at radius 3 is 2.21 bits per heavy atom. The highest BCUT2D eigenvalue weighted by atomic mass is 19.4. The highest BCUT2D eigenvalue weighted by molar-refractivity contribution is 6.08. The highest BCUT2D eigenvalue weighted by Gasteiger charge is 2.38. The van der Waals surface area contributed by atoms with E-state index in [1.54, 1.807) is 36.2 Å². The molecule has 0 spiro atoms. The minimum absolute atomic E-state index is 0.0271. The maximum absolute atomic E-state index is 13.8. The van der Waals surface area contributed by atoms with E-state index in [2.05, 4.69) is 17.1 Å². The van der Waals surface area contributed by atoms with Gasteiger partial charge in [0.1, 0.15) is 17.3 Å². The molecule has 0 bridgehead atoms. The Labute approximate surface area is 276 Å². The third kappa shape index (κ3) is 8.75. The molecule has 1 unspecified atom stereocenters. The lowest BCUT2D eigenvalue weighted by Gasteiger charge is -2.31. The van der Waals surface area contributed by atoms with Crippen molar-refractivity contribution in [3.05, 3.63) is 52.1 Å². The van der Waals surface area contributed by atoms with Crippen LogP contribution in [0.1, 0.15) is 84.9 Å². The van der Waals surface area contributed by atoms with E-state index < -0.39 is 30.1 Å². The van der Waals surface area contributed by atoms with Crippen LogP contribution in [0.15, 0.2) is 24.3 Å². The molecule has 1 amide bonds. The summed E-state index contributed by atoms with van der Waals surface area (Å²) in [6, 6.07) is 7.26. The number of carboxylic acid groups (broad SMARTS) is 2. The number of fused-ring (bicyclic) bond motifs is 1. The number of nitrogens with one attached hydrogen (secondary N) is 2. The molecule has 1 saturated heterocycles. The first kappa shape index (κ1) is 37.6. The fourth-order valence-corrected chi connectivity index (χ4v) is 5.54. The van der Waals surface area contributed by atoms with Gasteiger partial charge in [-0.3, -0.25) is 15.0 Å². The Kier molecular flexibility index (Phi) is 11.7. The minimum atomic E-state index is -5.08. The number of ketones is 1. The van der Waals surface area contributed by atoms with Crippen LogP contribution in [0.25, 0.3) is 0 Å². The minimum Gasteiger partial charge on any atom is -0.493 e. The number of anilines is 1. The molecule has 2 aromatic carbocycles. The van der Waals surface area contributed by atoms with Gasteiger partial charge in [0.25, 0.3) is 5.91 Å². The third-order valence-corrected chi connectivity index (χ3v) is 7.89. The van der Waals surface area contributed by atoms with Crippen LogP contribution >= 0.6 is 0 Å². The average molecular weight is 679 g/mol. The molecule has 0 radical (unpaired) electrons. The van der Waals surface area contributed by atoms with Crippen LogP contribution in [0.4, 0.5) is 18.9 Å². The van der Waals surface area contributed by atoms with Gasteiger partial charge in [-0.1, -0.05) is 20.8 Å². The van der Waals surface area contributed by atoms with Gasteiger partial charge in [-0.05, 0) is 61.9 Å². The lowest BCUT2D eigenvalue weighted by Crippen LogP contribution is -2.32. The van der Waals surface area contributed by atoms with Crippen molar-refractivity contribution >= 4 is 35.2 Å². The second-order valence-electron chi connectivity index (χ2n) is 12.4. The van der Waals surface area contributed by atoms with Crippen LogP contribution < -0.4 is 19.7 Å². The number of ether oxygens (including phenoxy) is 2. The molecule has 0 aliphatic carbocycles. The normalized spacial score (nSPS) is 15.8. The summed E-state index contributed by atoms with van der Waals surface area (Å²) in [6.07, 6.45) is -3.10. The quantitative estimate of drug-likeness (QED) is 0.255.